The second-order valence-electron chi connectivity index (χ2n) is 7.98. The summed E-state index contributed by atoms with van der Waals surface area (Å²) in [5.41, 5.74) is 3.63. The Balaban J connectivity index is 0.000000510. The summed E-state index contributed by atoms with van der Waals surface area (Å²) in [6.07, 6.45) is 7.50. The van der Waals surface area contributed by atoms with Crippen LogP contribution in [-0.4, -0.2) is 12.2 Å². The van der Waals surface area contributed by atoms with E-state index < -0.39 is 23.3 Å². The molecule has 41 heavy (non-hydrogen) atoms. The standard InChI is InChI=1S/C9H11F.C9H8F.C8H4F2.C7H5F2.CH4O/c1-3-8-4-5-9(10)6-7(8)2;1-3-8-4-5-9(10)7(2)6-8;1-2-6-5-7(9)3-4-8(6)10;1-5-4-6(8)2-3-7(5)9;1-2/h4-6H,3H2,1-2H3;3-6H,1-2H2;1,3-5H;2-4H,1H2;2H,1H3. The van der Waals surface area contributed by atoms with Gasteiger partial charge in [0.1, 0.15) is 34.9 Å². The fourth-order valence-electron chi connectivity index (χ4n) is 2.93. The Kier molecular flexibility index (Phi) is 17.7. The number of aliphatic hydroxyl groups is 1. The van der Waals surface area contributed by atoms with Gasteiger partial charge in [0.05, 0.1) is 5.56 Å². The van der Waals surface area contributed by atoms with Crippen molar-refractivity contribution < 1.29 is 31.4 Å². The quantitative estimate of drug-likeness (QED) is 0.188. The van der Waals surface area contributed by atoms with Gasteiger partial charge in [-0.15, -0.1) is 6.42 Å². The zero-order chi connectivity index (χ0) is 31.5. The van der Waals surface area contributed by atoms with Crippen molar-refractivity contribution in [2.75, 3.05) is 7.11 Å². The lowest BCUT2D eigenvalue weighted by atomic mass is 10.1. The second kappa shape index (κ2) is 19.7. The van der Waals surface area contributed by atoms with Gasteiger partial charge in [0.25, 0.3) is 0 Å². The van der Waals surface area contributed by atoms with Crippen molar-refractivity contribution in [2.45, 2.75) is 20.3 Å². The molecule has 0 aliphatic carbocycles. The van der Waals surface area contributed by atoms with Gasteiger partial charge in [-0.05, 0) is 116 Å². The lowest BCUT2D eigenvalue weighted by Crippen LogP contribution is -1.86. The molecule has 0 saturated carbocycles. The highest BCUT2D eigenvalue weighted by atomic mass is 19.1. The molecule has 0 amide bonds. The van der Waals surface area contributed by atoms with Crippen LogP contribution in [0.3, 0.4) is 0 Å². The highest BCUT2D eigenvalue weighted by Crippen LogP contribution is 2.11. The summed E-state index contributed by atoms with van der Waals surface area (Å²) >= 11 is 0. The molecule has 0 aliphatic rings. The topological polar surface area (TPSA) is 20.2 Å². The van der Waals surface area contributed by atoms with Crippen molar-refractivity contribution in [1.29, 1.82) is 0 Å². The van der Waals surface area contributed by atoms with Crippen LogP contribution in [0.4, 0.5) is 26.3 Å². The van der Waals surface area contributed by atoms with Crippen LogP contribution in [0.2, 0.25) is 0 Å². The molecule has 2 radical (unpaired) electrons. The van der Waals surface area contributed by atoms with Gasteiger partial charge < -0.3 is 5.11 Å². The van der Waals surface area contributed by atoms with Gasteiger partial charge in [-0.1, -0.05) is 37.6 Å². The van der Waals surface area contributed by atoms with E-state index in [9.17, 15) is 26.3 Å². The van der Waals surface area contributed by atoms with Gasteiger partial charge in [-0.25, -0.2) is 26.3 Å². The van der Waals surface area contributed by atoms with E-state index in [1.165, 1.54) is 17.7 Å². The van der Waals surface area contributed by atoms with Crippen LogP contribution in [0.15, 0.2) is 79.4 Å². The third-order valence-electron chi connectivity index (χ3n) is 5.08. The highest BCUT2D eigenvalue weighted by Gasteiger charge is 1.99. The van der Waals surface area contributed by atoms with Gasteiger partial charge in [-0.2, -0.15) is 0 Å². The fraction of sp³-hybridized carbons (Fsp3) is 0.118. The Morgan fingerprint density at radius 3 is 1.59 bits per heavy atom. The Bertz CT molecular complexity index is 1420. The smallest absolute Gasteiger partial charge is 0.139 e. The molecular formula is C34H32F6O. The van der Waals surface area contributed by atoms with E-state index in [-0.39, 0.29) is 22.8 Å². The summed E-state index contributed by atoms with van der Waals surface area (Å²) < 4.78 is 74.2. The number of benzene rings is 4. The molecule has 4 aromatic carbocycles. The van der Waals surface area contributed by atoms with E-state index in [0.717, 1.165) is 61.1 Å². The summed E-state index contributed by atoms with van der Waals surface area (Å²) in [4.78, 5) is 0. The van der Waals surface area contributed by atoms with Gasteiger partial charge >= 0.3 is 0 Å². The lowest BCUT2D eigenvalue weighted by Gasteiger charge is -2.00. The summed E-state index contributed by atoms with van der Waals surface area (Å²) in [6, 6.07) is 15.8. The van der Waals surface area contributed by atoms with E-state index >= 15 is 0 Å². The number of aliphatic hydroxyl groups excluding tert-OH is 1. The average Bonchev–Trinajstić information content (AvgIpc) is 2.96. The van der Waals surface area contributed by atoms with Gasteiger partial charge in [-0.3, -0.25) is 0 Å². The maximum Gasteiger partial charge on any atom is 0.139 e. The molecular weight excluding hydrogens is 538 g/mol. The molecule has 0 spiro atoms. The van der Waals surface area contributed by atoms with Crippen LogP contribution in [0.5, 0.6) is 0 Å². The van der Waals surface area contributed by atoms with E-state index in [2.05, 4.69) is 27.4 Å². The highest BCUT2D eigenvalue weighted by molar-refractivity contribution is 5.48. The molecule has 0 fully saturated rings. The first-order valence-corrected chi connectivity index (χ1v) is 12.0. The summed E-state index contributed by atoms with van der Waals surface area (Å²) in [6.45, 7) is 14.3. The van der Waals surface area contributed by atoms with Crippen LogP contribution in [-0.2, 0) is 6.42 Å². The van der Waals surface area contributed by atoms with Gasteiger partial charge in [0.15, 0.2) is 0 Å². The minimum absolute atomic E-state index is 0.0417. The number of hydrogen-bond donors (Lipinski definition) is 1. The first-order valence-electron chi connectivity index (χ1n) is 12.0. The molecule has 0 aliphatic heterocycles. The molecule has 0 atom stereocenters. The molecule has 0 bridgehead atoms. The van der Waals surface area contributed by atoms with Crippen molar-refractivity contribution >= 4 is 6.08 Å². The predicted molar refractivity (Wildman–Crippen MR) is 155 cm³/mol. The second-order valence-corrected chi connectivity index (χ2v) is 7.98. The molecule has 4 rings (SSSR count). The Labute approximate surface area is 238 Å². The Morgan fingerprint density at radius 1 is 0.707 bits per heavy atom. The first-order chi connectivity index (χ1) is 19.4. The maximum absolute atomic E-state index is 12.5. The van der Waals surface area contributed by atoms with Gasteiger partial charge in [0, 0.05) is 7.11 Å². The van der Waals surface area contributed by atoms with E-state index in [4.69, 9.17) is 11.5 Å². The SMILES string of the molecule is C#Cc1cc(F)ccc1F.CCc1ccc(F)cc1C.CO.[CH2]c1cc(C=C)ccc1F.[CH2]c1cc(F)ccc1F. The van der Waals surface area contributed by atoms with Crippen LogP contribution in [0.1, 0.15) is 40.3 Å². The average molecular weight is 571 g/mol. The van der Waals surface area contributed by atoms with Crippen LogP contribution >= 0.6 is 0 Å². The number of halogens is 6. The van der Waals surface area contributed by atoms with Crippen molar-refractivity contribution in [1.82, 2.24) is 0 Å². The van der Waals surface area contributed by atoms with Gasteiger partial charge in [0.2, 0.25) is 0 Å². The van der Waals surface area contributed by atoms with Crippen molar-refractivity contribution in [3.05, 3.63) is 162 Å². The van der Waals surface area contributed by atoms with Crippen molar-refractivity contribution in [2.24, 2.45) is 0 Å². The van der Waals surface area contributed by atoms with Crippen molar-refractivity contribution in [3.8, 4) is 12.3 Å². The Morgan fingerprint density at radius 2 is 1.17 bits per heavy atom. The minimum Gasteiger partial charge on any atom is -0.400 e. The molecule has 0 unspecified atom stereocenters. The summed E-state index contributed by atoms with van der Waals surface area (Å²) in [5, 5.41) is 7.00. The lowest BCUT2D eigenvalue weighted by molar-refractivity contribution is 0.399. The monoisotopic (exact) mass is 570 g/mol. The van der Waals surface area contributed by atoms with E-state index in [1.807, 2.05) is 18.9 Å². The number of aryl methyl sites for hydroxylation is 2. The zero-order valence-corrected chi connectivity index (χ0v) is 23.1. The first kappa shape index (κ1) is 36.7. The molecule has 4 aromatic rings. The zero-order valence-electron chi connectivity index (χ0n) is 23.1. The Hall–Kier alpha value is -4.28. The number of hydrogen-bond acceptors (Lipinski definition) is 1. The third-order valence-corrected chi connectivity index (χ3v) is 5.08. The van der Waals surface area contributed by atoms with Crippen LogP contribution in [0, 0.1) is 68.0 Å². The molecule has 1 nitrogen and oxygen atoms in total. The van der Waals surface area contributed by atoms with E-state index in [1.54, 1.807) is 24.3 Å². The van der Waals surface area contributed by atoms with E-state index in [0.29, 0.717) is 5.56 Å². The fourth-order valence-corrected chi connectivity index (χ4v) is 2.93. The predicted octanol–water partition coefficient (Wildman–Crippen LogP) is 9.05. The third kappa shape index (κ3) is 14.1. The summed E-state index contributed by atoms with van der Waals surface area (Å²) in [7, 11) is 1.00. The molecule has 0 saturated heterocycles. The molecule has 0 heterocycles. The number of terminal acetylenes is 1. The minimum atomic E-state index is -0.566. The number of rotatable bonds is 2. The maximum atomic E-state index is 12.5. The van der Waals surface area contributed by atoms with Crippen LogP contribution in [0.25, 0.3) is 6.08 Å². The van der Waals surface area contributed by atoms with Crippen molar-refractivity contribution in [3.63, 3.8) is 0 Å². The molecule has 7 heteroatoms. The largest absolute Gasteiger partial charge is 0.400 e. The van der Waals surface area contributed by atoms with Crippen LogP contribution < -0.4 is 0 Å². The normalized spacial score (nSPS) is 9.15. The molecule has 1 N–H and O–H groups in total. The molecule has 216 valence electrons. The molecule has 0 aromatic heterocycles. The summed E-state index contributed by atoms with van der Waals surface area (Å²) in [5.74, 6) is -0.413.